The molecule has 5 aliphatic carbocycles. The summed E-state index contributed by atoms with van der Waals surface area (Å²) in [5, 5.41) is 13.7. The molecular formula is C35H49ClN2O3. The summed E-state index contributed by atoms with van der Waals surface area (Å²) in [4.78, 5) is 30.5. The Labute approximate surface area is 251 Å². The summed E-state index contributed by atoms with van der Waals surface area (Å²) in [5.41, 5.74) is 3.43. The number of amides is 1. The summed E-state index contributed by atoms with van der Waals surface area (Å²) in [7, 11) is 1.63. The number of hydrogen-bond acceptors (Lipinski definition) is 3. The fraction of sp³-hybridized carbons (Fsp3) is 0.743. The van der Waals surface area contributed by atoms with Crippen molar-refractivity contribution >= 4 is 23.5 Å². The highest BCUT2D eigenvalue weighted by Gasteiger charge is 2.69. The fourth-order valence-electron chi connectivity index (χ4n) is 11.8. The third kappa shape index (κ3) is 3.56. The van der Waals surface area contributed by atoms with E-state index in [1.165, 1.54) is 5.57 Å². The molecule has 0 bridgehead atoms. The molecule has 41 heavy (non-hydrogen) atoms. The van der Waals surface area contributed by atoms with Gasteiger partial charge in [-0.25, -0.2) is 4.98 Å². The highest BCUT2D eigenvalue weighted by Crippen LogP contribution is 2.75. The number of nitrogens with one attached hydrogen (secondary N) is 1. The first-order chi connectivity index (χ1) is 19.1. The molecule has 9 atom stereocenters. The Morgan fingerprint density at radius 3 is 2.39 bits per heavy atom. The number of aromatic nitrogens is 1. The number of nitrogens with zero attached hydrogens (tertiary/aromatic N) is 1. The van der Waals surface area contributed by atoms with Crippen LogP contribution in [0.4, 0.5) is 0 Å². The minimum atomic E-state index is -0.617. The molecule has 1 amide bonds. The number of carboxylic acids is 1. The van der Waals surface area contributed by atoms with Crippen LogP contribution in [0.3, 0.4) is 0 Å². The normalized spacial score (nSPS) is 44.2. The van der Waals surface area contributed by atoms with Crippen molar-refractivity contribution in [2.24, 2.45) is 51.2 Å². The van der Waals surface area contributed by atoms with Gasteiger partial charge in [0.25, 0.3) is 5.91 Å². The molecule has 2 N–H and O–H groups in total. The van der Waals surface area contributed by atoms with E-state index in [1.54, 1.807) is 7.05 Å². The van der Waals surface area contributed by atoms with Gasteiger partial charge in [0.1, 0.15) is 5.15 Å². The van der Waals surface area contributed by atoms with Gasteiger partial charge in [0.2, 0.25) is 0 Å². The molecule has 9 unspecified atom stereocenters. The zero-order valence-electron chi connectivity index (χ0n) is 26.3. The molecule has 1 aromatic rings. The Balaban J connectivity index is 1.47. The topological polar surface area (TPSA) is 79.3 Å². The number of carbonyl (C=O) groups is 2. The van der Waals surface area contributed by atoms with Crippen molar-refractivity contribution in [1.82, 2.24) is 10.3 Å². The summed E-state index contributed by atoms with van der Waals surface area (Å²) >= 11 is 6.59. The maximum atomic E-state index is 13.0. The Morgan fingerprint density at radius 2 is 1.73 bits per heavy atom. The molecular weight excluding hydrogens is 532 g/mol. The maximum absolute atomic E-state index is 13.0. The van der Waals surface area contributed by atoms with Gasteiger partial charge in [0, 0.05) is 12.5 Å². The van der Waals surface area contributed by atoms with Crippen LogP contribution in [0.5, 0.6) is 0 Å². The van der Waals surface area contributed by atoms with Gasteiger partial charge in [-0.3, -0.25) is 9.59 Å². The van der Waals surface area contributed by atoms with Crippen LogP contribution < -0.4 is 5.32 Å². The number of fused-ring (bicyclic) bond motifs is 8. The van der Waals surface area contributed by atoms with Crippen molar-refractivity contribution in [3.05, 3.63) is 39.7 Å². The summed E-state index contributed by atoms with van der Waals surface area (Å²) in [6.45, 7) is 16.9. The van der Waals surface area contributed by atoms with E-state index in [-0.39, 0.29) is 38.6 Å². The third-order valence-corrected chi connectivity index (χ3v) is 14.5. The number of carboxylic acid groups (broad SMARTS) is 1. The highest BCUT2D eigenvalue weighted by atomic mass is 35.5. The molecule has 5 nitrogen and oxygen atoms in total. The lowest BCUT2D eigenvalue weighted by atomic mass is 9.33. The Kier molecular flexibility index (Phi) is 6.46. The molecule has 6 rings (SSSR count). The lowest BCUT2D eigenvalue weighted by Gasteiger charge is -2.70. The quantitative estimate of drug-likeness (QED) is 0.276. The van der Waals surface area contributed by atoms with Gasteiger partial charge < -0.3 is 10.4 Å². The summed E-state index contributed by atoms with van der Waals surface area (Å²) < 4.78 is 0. The minimum absolute atomic E-state index is 0.0191. The van der Waals surface area contributed by atoms with Gasteiger partial charge in [0.15, 0.2) is 0 Å². The molecule has 0 aliphatic heterocycles. The van der Waals surface area contributed by atoms with Crippen LogP contribution in [0.1, 0.15) is 115 Å². The number of hydrogen-bond donors (Lipinski definition) is 2. The lowest BCUT2D eigenvalue weighted by Crippen LogP contribution is -2.65. The van der Waals surface area contributed by atoms with Gasteiger partial charge in [-0.2, -0.15) is 0 Å². The van der Waals surface area contributed by atoms with Crippen molar-refractivity contribution in [3.8, 4) is 0 Å². The number of pyridine rings is 1. The predicted molar refractivity (Wildman–Crippen MR) is 163 cm³/mol. The van der Waals surface area contributed by atoms with Crippen LogP contribution >= 0.6 is 11.6 Å². The maximum Gasteiger partial charge on any atom is 0.310 e. The molecule has 0 radical (unpaired) electrons. The van der Waals surface area contributed by atoms with E-state index in [9.17, 15) is 14.7 Å². The van der Waals surface area contributed by atoms with Crippen LogP contribution in [0, 0.1) is 51.2 Å². The van der Waals surface area contributed by atoms with Gasteiger partial charge >= 0.3 is 5.97 Å². The monoisotopic (exact) mass is 580 g/mol. The molecule has 5 aliphatic rings. The molecule has 0 saturated heterocycles. The number of halogens is 1. The standard InChI is InChI=1S/C35H49ClN2O3/c1-19-11-14-35(30(40)41)16-15-33(6)23(26(35)20(19)2)9-10-25-32(5)18-21-17-22(29(39)37-8)28(36)38-27(21)31(3,4)24(32)12-13-34(25,33)7/h9,17,19-20,24-26H,10-16,18H2,1-8H3,(H,37,39)(H,40,41). The first kappa shape index (κ1) is 29.2. The lowest BCUT2D eigenvalue weighted by molar-refractivity contribution is -0.179. The number of allylic oxidation sites excluding steroid dienone is 2. The predicted octanol–water partition coefficient (Wildman–Crippen LogP) is 7.85. The van der Waals surface area contributed by atoms with E-state index in [2.05, 4.69) is 59.9 Å². The first-order valence-electron chi connectivity index (χ1n) is 15.9. The van der Waals surface area contributed by atoms with Crippen LogP contribution in [-0.2, 0) is 16.6 Å². The fourth-order valence-corrected chi connectivity index (χ4v) is 12.0. The second-order valence-electron chi connectivity index (χ2n) is 15.9. The van der Waals surface area contributed by atoms with Gasteiger partial charge in [-0.1, -0.05) is 71.7 Å². The molecule has 1 heterocycles. The molecule has 0 aromatic carbocycles. The first-order valence-corrected chi connectivity index (χ1v) is 16.3. The third-order valence-electron chi connectivity index (χ3n) is 14.3. The van der Waals surface area contributed by atoms with E-state index in [0.29, 0.717) is 29.2 Å². The van der Waals surface area contributed by atoms with Crippen molar-refractivity contribution in [2.45, 2.75) is 105 Å². The SMILES string of the molecule is CNC(=O)c1cc2c(nc1Cl)C(C)(C)C1CCC3(C)C(CC=C4C5C(C)C(C)CCC5(C(=O)O)CCC43C)C1(C)C2. The second-order valence-corrected chi connectivity index (χ2v) is 16.3. The average Bonchev–Trinajstić information content (AvgIpc) is 2.90. The van der Waals surface area contributed by atoms with E-state index in [4.69, 9.17) is 16.6 Å². The number of carbonyl (C=O) groups excluding carboxylic acids is 1. The van der Waals surface area contributed by atoms with Crippen LogP contribution in [0.2, 0.25) is 5.15 Å². The van der Waals surface area contributed by atoms with Crippen LogP contribution in [0.15, 0.2) is 17.7 Å². The molecule has 3 fully saturated rings. The van der Waals surface area contributed by atoms with Gasteiger partial charge in [-0.15, -0.1) is 0 Å². The Morgan fingerprint density at radius 1 is 1.02 bits per heavy atom. The number of rotatable bonds is 2. The molecule has 224 valence electrons. The zero-order valence-corrected chi connectivity index (χ0v) is 27.0. The molecule has 6 heteroatoms. The van der Waals surface area contributed by atoms with Crippen LogP contribution in [-0.4, -0.2) is 29.0 Å². The van der Waals surface area contributed by atoms with Crippen molar-refractivity contribution in [2.75, 3.05) is 7.05 Å². The molecule has 3 saturated carbocycles. The largest absolute Gasteiger partial charge is 0.481 e. The summed E-state index contributed by atoms with van der Waals surface area (Å²) in [6.07, 6.45) is 10.2. The molecule has 0 spiro atoms. The average molecular weight is 581 g/mol. The van der Waals surface area contributed by atoms with Crippen molar-refractivity contribution in [1.29, 1.82) is 0 Å². The van der Waals surface area contributed by atoms with E-state index >= 15 is 0 Å². The Bertz CT molecular complexity index is 1350. The number of aliphatic carboxylic acids is 1. The van der Waals surface area contributed by atoms with Crippen molar-refractivity contribution < 1.29 is 14.7 Å². The summed E-state index contributed by atoms with van der Waals surface area (Å²) in [5.74, 6) is 1.18. The van der Waals surface area contributed by atoms with Crippen LogP contribution in [0.25, 0.3) is 0 Å². The van der Waals surface area contributed by atoms with E-state index in [1.807, 2.05) is 6.07 Å². The smallest absolute Gasteiger partial charge is 0.310 e. The Hall–Kier alpha value is -1.88. The zero-order chi connectivity index (χ0) is 29.9. The highest BCUT2D eigenvalue weighted by molar-refractivity contribution is 6.32. The van der Waals surface area contributed by atoms with E-state index in [0.717, 1.165) is 62.6 Å². The summed E-state index contributed by atoms with van der Waals surface area (Å²) in [6, 6.07) is 2.01. The second kappa shape index (κ2) is 9.07. The minimum Gasteiger partial charge on any atom is -0.481 e. The van der Waals surface area contributed by atoms with Gasteiger partial charge in [-0.05, 0) is 109 Å². The van der Waals surface area contributed by atoms with Gasteiger partial charge in [0.05, 0.1) is 16.7 Å². The molecule has 1 aromatic heterocycles. The van der Waals surface area contributed by atoms with E-state index < -0.39 is 11.4 Å². The van der Waals surface area contributed by atoms with Crippen molar-refractivity contribution in [3.63, 3.8) is 0 Å².